The van der Waals surface area contributed by atoms with Gasteiger partial charge in [0.25, 0.3) is 0 Å². The van der Waals surface area contributed by atoms with Crippen molar-refractivity contribution >= 4 is 23.0 Å². The second kappa shape index (κ2) is 11.2. The topological polar surface area (TPSA) is 78.9 Å². The molecule has 1 heterocycles. The Kier molecular flexibility index (Phi) is 9.69. The maximum atomic E-state index is 12.0. The van der Waals surface area contributed by atoms with Crippen LogP contribution in [0.15, 0.2) is 23.4 Å². The largest absolute Gasteiger partial charge is 0.534 e. The van der Waals surface area contributed by atoms with Crippen LogP contribution >= 0.6 is 0 Å². The normalized spacial score (nSPS) is 26.2. The summed E-state index contributed by atoms with van der Waals surface area (Å²) < 4.78 is 73.7. The predicted molar refractivity (Wildman–Crippen MR) is 147 cm³/mol. The van der Waals surface area contributed by atoms with Crippen LogP contribution in [0.25, 0.3) is 0 Å². The molecule has 3 aliphatic carbocycles. The Labute approximate surface area is 233 Å². The number of ketones is 1. The molecule has 0 bridgehead atoms. The second-order valence-corrected chi connectivity index (χ2v) is 15.3. The van der Waals surface area contributed by atoms with E-state index in [2.05, 4.69) is 51.8 Å². The third-order valence-corrected chi connectivity index (χ3v) is 9.60. The van der Waals surface area contributed by atoms with Crippen LogP contribution in [-0.2, 0) is 28.4 Å². The van der Waals surface area contributed by atoms with Crippen molar-refractivity contribution in [3.05, 3.63) is 23.4 Å². The Bertz CT molecular complexity index is 1070. The molecular weight excluding hydrogens is 532 g/mol. The van der Waals surface area contributed by atoms with Gasteiger partial charge in [-0.05, 0) is 83.2 Å². The third kappa shape index (κ3) is 7.91. The van der Waals surface area contributed by atoms with Crippen LogP contribution in [0.4, 0.5) is 13.2 Å². The smallest absolute Gasteiger partial charge is 0.400 e. The molecule has 0 aromatic rings. The summed E-state index contributed by atoms with van der Waals surface area (Å²) in [4.78, 5) is 10.9. The number of hydrogen-bond donors (Lipinski definition) is 0. The van der Waals surface area contributed by atoms with Crippen LogP contribution in [0.2, 0.25) is 0 Å². The zero-order valence-corrected chi connectivity index (χ0v) is 26.0. The fraction of sp³-hybridized carbons (Fsp3) is 0.821. The fourth-order valence-corrected chi connectivity index (χ4v) is 5.46. The number of carbonyl (C=O) groups excluding carboxylic acids is 1. The Morgan fingerprint density at radius 1 is 0.795 bits per heavy atom. The monoisotopic (exact) mass is 578 g/mol. The minimum absolute atomic E-state index is 0.0139. The summed E-state index contributed by atoms with van der Waals surface area (Å²) in [6, 6.07) is 0. The van der Waals surface area contributed by atoms with Gasteiger partial charge in [-0.25, -0.2) is 0 Å². The molecule has 1 saturated heterocycles. The van der Waals surface area contributed by atoms with E-state index in [-0.39, 0.29) is 34.9 Å². The number of halogens is 3. The molecule has 1 aliphatic heterocycles. The van der Waals surface area contributed by atoms with Crippen molar-refractivity contribution in [2.45, 2.75) is 131 Å². The summed E-state index contributed by atoms with van der Waals surface area (Å²) >= 11 is 0. The molecule has 11 heteroatoms. The van der Waals surface area contributed by atoms with Gasteiger partial charge in [0.2, 0.25) is 0 Å². The highest BCUT2D eigenvalue weighted by molar-refractivity contribution is 7.87. The van der Waals surface area contributed by atoms with Gasteiger partial charge < -0.3 is 13.5 Å². The van der Waals surface area contributed by atoms with Crippen molar-refractivity contribution in [1.29, 1.82) is 0 Å². The van der Waals surface area contributed by atoms with E-state index < -0.39 is 21.0 Å². The van der Waals surface area contributed by atoms with Crippen molar-refractivity contribution in [1.82, 2.24) is 0 Å². The zero-order valence-electron chi connectivity index (χ0n) is 25.2. The Morgan fingerprint density at radius 2 is 1.28 bits per heavy atom. The van der Waals surface area contributed by atoms with E-state index in [9.17, 15) is 26.4 Å². The van der Waals surface area contributed by atoms with Gasteiger partial charge in [0.1, 0.15) is 11.5 Å². The number of rotatable bonds is 3. The molecular formula is C28H46BF3O6S. The molecule has 0 atom stereocenters. The van der Waals surface area contributed by atoms with E-state index in [1.807, 2.05) is 13.8 Å². The Hall–Kier alpha value is -1.33. The van der Waals surface area contributed by atoms with Crippen molar-refractivity contribution in [2.24, 2.45) is 16.2 Å². The van der Waals surface area contributed by atoms with E-state index in [0.717, 1.165) is 25.7 Å². The number of carbonyl (C=O) groups is 1. The first-order valence-corrected chi connectivity index (χ1v) is 15.1. The lowest BCUT2D eigenvalue weighted by atomic mass is 9.65. The van der Waals surface area contributed by atoms with Crippen LogP contribution in [-0.4, -0.2) is 38.0 Å². The van der Waals surface area contributed by atoms with Crippen LogP contribution in [0.1, 0.15) is 114 Å². The molecule has 0 aromatic carbocycles. The average molecular weight is 579 g/mol. The Morgan fingerprint density at radius 3 is 1.59 bits per heavy atom. The molecule has 6 nitrogen and oxygen atoms in total. The van der Waals surface area contributed by atoms with Gasteiger partial charge in [0.05, 0.1) is 11.2 Å². The summed E-state index contributed by atoms with van der Waals surface area (Å²) in [6.45, 7) is 20.3. The standard InChI is InChI=1S/C13H23BO2.C8H11F3O3S.C7H12O/c1-11(2)9-7-8-10(11)14-15-12(3,4)13(5,6)16-14;1-7(2)5-3-4-6(7)14-15(12,13)8(9,10)11;1-7(2)5-3-4-6(7)8/h8H,7,9H2,1-6H3;4H,3,5H2,1-2H3;3-5H2,1-2H3. The van der Waals surface area contributed by atoms with Crippen molar-refractivity contribution in [2.75, 3.05) is 0 Å². The zero-order chi connectivity index (χ0) is 30.3. The highest BCUT2D eigenvalue weighted by atomic mass is 32.2. The number of hydrogen-bond acceptors (Lipinski definition) is 6. The first-order chi connectivity index (χ1) is 17.3. The van der Waals surface area contributed by atoms with E-state index in [1.54, 1.807) is 13.8 Å². The van der Waals surface area contributed by atoms with Gasteiger partial charge in [0, 0.05) is 17.3 Å². The SMILES string of the molecule is CC1(C)CCC=C1B1OC(C)(C)C(C)(C)O1.CC1(C)CCC=C1OS(=O)(=O)C(F)(F)F.CC1(C)CCCC1=O. The lowest BCUT2D eigenvalue weighted by Crippen LogP contribution is -2.41. The summed E-state index contributed by atoms with van der Waals surface area (Å²) in [7, 11) is -5.67. The number of allylic oxidation sites excluding steroid dienone is 4. The molecule has 0 aromatic heterocycles. The van der Waals surface area contributed by atoms with E-state index in [0.29, 0.717) is 18.6 Å². The van der Waals surface area contributed by atoms with E-state index >= 15 is 0 Å². The van der Waals surface area contributed by atoms with Gasteiger partial charge in [-0.15, -0.1) is 0 Å². The molecule has 0 amide bonds. The van der Waals surface area contributed by atoms with Crippen LogP contribution in [0.3, 0.4) is 0 Å². The van der Waals surface area contributed by atoms with Crippen LogP contribution < -0.4 is 0 Å². The first kappa shape index (κ1) is 33.9. The molecule has 224 valence electrons. The second-order valence-electron chi connectivity index (χ2n) is 13.8. The van der Waals surface area contributed by atoms with Gasteiger partial charge in [-0.2, -0.15) is 21.6 Å². The van der Waals surface area contributed by atoms with Gasteiger partial charge in [-0.3, -0.25) is 4.79 Å². The van der Waals surface area contributed by atoms with Gasteiger partial charge in [-0.1, -0.05) is 47.6 Å². The maximum absolute atomic E-state index is 12.0. The molecule has 4 aliphatic rings. The van der Waals surface area contributed by atoms with Crippen molar-refractivity contribution < 1.29 is 39.9 Å². The third-order valence-electron chi connectivity index (χ3n) is 8.63. The van der Waals surface area contributed by atoms with Crippen LogP contribution in [0.5, 0.6) is 0 Å². The fourth-order valence-electron chi connectivity index (χ4n) is 4.84. The predicted octanol–water partition coefficient (Wildman–Crippen LogP) is 7.69. The quantitative estimate of drug-likeness (QED) is 0.194. The van der Waals surface area contributed by atoms with Crippen molar-refractivity contribution in [3.8, 4) is 0 Å². The lowest BCUT2D eigenvalue weighted by molar-refractivity contribution is -0.124. The summed E-state index contributed by atoms with van der Waals surface area (Å²) in [5.74, 6) is 0.317. The van der Waals surface area contributed by atoms with Gasteiger partial charge in [0.15, 0.2) is 0 Å². The molecule has 0 N–H and O–H groups in total. The highest BCUT2D eigenvalue weighted by Crippen LogP contribution is 2.46. The summed E-state index contributed by atoms with van der Waals surface area (Å²) in [5.41, 5.74) is -4.91. The number of Topliss-reactive ketones (excluding diaryl/α,β-unsaturated/α-hetero) is 1. The maximum Gasteiger partial charge on any atom is 0.534 e. The molecule has 0 radical (unpaired) electrons. The molecule has 4 rings (SSSR count). The average Bonchev–Trinajstić information content (AvgIpc) is 3.41. The van der Waals surface area contributed by atoms with Crippen LogP contribution in [0, 0.1) is 16.2 Å². The molecule has 2 fully saturated rings. The van der Waals surface area contributed by atoms with Gasteiger partial charge >= 0.3 is 22.7 Å². The lowest BCUT2D eigenvalue weighted by Gasteiger charge is -2.32. The minimum atomic E-state index is -5.52. The molecule has 0 unspecified atom stereocenters. The summed E-state index contributed by atoms with van der Waals surface area (Å²) in [5, 5.41) is 0. The summed E-state index contributed by atoms with van der Waals surface area (Å²) in [6.07, 6.45) is 10.1. The molecule has 0 spiro atoms. The Balaban J connectivity index is 0.000000216. The molecule has 39 heavy (non-hydrogen) atoms. The highest BCUT2D eigenvalue weighted by Gasteiger charge is 2.55. The molecule has 1 saturated carbocycles. The van der Waals surface area contributed by atoms with E-state index in [1.165, 1.54) is 18.0 Å². The minimum Gasteiger partial charge on any atom is -0.400 e. The number of alkyl halides is 3. The van der Waals surface area contributed by atoms with E-state index in [4.69, 9.17) is 9.31 Å². The van der Waals surface area contributed by atoms with Crippen molar-refractivity contribution in [3.63, 3.8) is 0 Å². The first-order valence-electron chi connectivity index (χ1n) is 13.7.